The summed E-state index contributed by atoms with van der Waals surface area (Å²) >= 11 is 0. The van der Waals surface area contributed by atoms with E-state index in [2.05, 4.69) is 84.9 Å². The summed E-state index contributed by atoms with van der Waals surface area (Å²) in [7, 11) is 0. The predicted octanol–water partition coefficient (Wildman–Crippen LogP) is 9.82. The molecule has 9 aromatic carbocycles. The third kappa shape index (κ3) is 3.00. The molecule has 0 radical (unpaired) electrons. The van der Waals surface area contributed by atoms with E-state index in [4.69, 9.17) is 0 Å². The molecule has 3 nitrogen and oxygen atoms in total. The van der Waals surface area contributed by atoms with Gasteiger partial charge in [-0.2, -0.15) is 0 Å². The van der Waals surface area contributed by atoms with E-state index in [0.29, 0.717) is 16.5 Å². The highest BCUT2D eigenvalue weighted by Crippen LogP contribution is 2.53. The molecule has 0 spiro atoms. The molecule has 3 heteroatoms. The van der Waals surface area contributed by atoms with Gasteiger partial charge in [0.05, 0.1) is 16.5 Å². The molecule has 45 heavy (non-hydrogen) atoms. The van der Waals surface area contributed by atoms with Crippen LogP contribution in [-0.4, -0.2) is 4.57 Å². The molecule has 210 valence electrons. The predicted molar refractivity (Wildman–Crippen MR) is 188 cm³/mol. The van der Waals surface area contributed by atoms with Gasteiger partial charge in [0.2, 0.25) is 0 Å². The van der Waals surface area contributed by atoms with Crippen molar-refractivity contribution in [3.8, 4) is 27.9 Å². The number of rotatable bonds is 3. The minimum absolute atomic E-state index is 0.256. The fraction of sp³-hybridized carbons (Fsp3) is 0.0476. The SMILES string of the molecule is Cc1ccc(C)c(-n2c(=O)c3c4cc(-c5ccccc5)c5ccc6ccc7c(-c8ccccc8)cc(c3c2=O)c2c7c6c5c42)c1. The van der Waals surface area contributed by atoms with Crippen molar-refractivity contribution < 1.29 is 0 Å². The molecular weight excluding hydrogens is 550 g/mol. The molecule has 0 unspecified atom stereocenters. The largest absolute Gasteiger partial charge is 0.268 e. The molecule has 1 heterocycles. The standard InChI is InChI=1S/C42H25NO2/c1-22-13-14-23(2)33(19-22)43-41(44)39-31-20-29(24-9-5-3-6-10-24)27-17-15-26-16-18-28-30(25-11-7-4-8-12-25)21-32(40(39)42(43)45)38-36(28)34(26)35(27)37(31)38/h3-21H,1-2H3. The molecular formula is C42H25NO2. The molecule has 10 rings (SSSR count). The first-order valence-corrected chi connectivity index (χ1v) is 15.4. The molecule has 1 aromatic heterocycles. The van der Waals surface area contributed by atoms with Crippen molar-refractivity contribution in [1.29, 1.82) is 0 Å². The van der Waals surface area contributed by atoms with Crippen LogP contribution in [-0.2, 0) is 0 Å². The second-order valence-corrected chi connectivity index (χ2v) is 12.5. The number of benzene rings is 8. The van der Waals surface area contributed by atoms with Gasteiger partial charge in [0.25, 0.3) is 11.1 Å². The fourth-order valence-corrected chi connectivity index (χ4v) is 8.08. The Hall–Kier alpha value is -5.80. The molecule has 0 aliphatic carbocycles. The van der Waals surface area contributed by atoms with Crippen molar-refractivity contribution >= 4 is 64.6 Å². The van der Waals surface area contributed by atoms with Gasteiger partial charge >= 0.3 is 0 Å². The third-order valence-electron chi connectivity index (χ3n) is 10.0. The Bertz CT molecular complexity index is 2730. The van der Waals surface area contributed by atoms with E-state index < -0.39 is 0 Å². The van der Waals surface area contributed by atoms with Crippen molar-refractivity contribution in [2.45, 2.75) is 13.8 Å². The van der Waals surface area contributed by atoms with E-state index in [9.17, 15) is 9.59 Å². The lowest BCUT2D eigenvalue weighted by Gasteiger charge is -2.12. The molecule has 0 amide bonds. The molecule has 0 saturated heterocycles. The average Bonchev–Trinajstić information content (AvgIpc) is 3.57. The van der Waals surface area contributed by atoms with Crippen LogP contribution in [0.25, 0.3) is 92.6 Å². The lowest BCUT2D eigenvalue weighted by molar-refractivity contribution is 0.976. The van der Waals surface area contributed by atoms with Crippen molar-refractivity contribution in [3.05, 3.63) is 147 Å². The summed E-state index contributed by atoms with van der Waals surface area (Å²) in [6, 6.07) is 39.9. The van der Waals surface area contributed by atoms with Crippen LogP contribution >= 0.6 is 0 Å². The fourth-order valence-electron chi connectivity index (χ4n) is 8.08. The third-order valence-corrected chi connectivity index (χ3v) is 10.0. The topological polar surface area (TPSA) is 39.1 Å². The summed E-state index contributed by atoms with van der Waals surface area (Å²) in [4.78, 5) is 29.4. The number of aromatic nitrogens is 1. The van der Waals surface area contributed by atoms with Crippen LogP contribution in [0.15, 0.2) is 125 Å². The Labute approximate surface area is 257 Å². The number of nitrogens with zero attached hydrogens (tertiary/aromatic N) is 1. The molecule has 0 aliphatic rings. The maximum Gasteiger partial charge on any atom is 0.266 e. The van der Waals surface area contributed by atoms with Crippen LogP contribution in [0.1, 0.15) is 11.1 Å². The molecule has 0 fully saturated rings. The normalized spacial score (nSPS) is 12.4. The minimum atomic E-state index is -0.256. The lowest BCUT2D eigenvalue weighted by Crippen LogP contribution is -2.24. The minimum Gasteiger partial charge on any atom is -0.268 e. The van der Waals surface area contributed by atoms with Gasteiger partial charge in [0, 0.05) is 0 Å². The zero-order valence-electron chi connectivity index (χ0n) is 24.7. The number of hydrogen-bond acceptors (Lipinski definition) is 2. The molecule has 0 aliphatic heterocycles. The van der Waals surface area contributed by atoms with Gasteiger partial charge in [-0.25, -0.2) is 4.57 Å². The van der Waals surface area contributed by atoms with E-state index in [1.807, 2.05) is 44.2 Å². The molecule has 0 saturated carbocycles. The molecule has 0 atom stereocenters. The Morgan fingerprint density at radius 1 is 0.444 bits per heavy atom. The number of aryl methyl sites for hydroxylation is 2. The highest BCUT2D eigenvalue weighted by Gasteiger charge is 2.29. The van der Waals surface area contributed by atoms with Crippen molar-refractivity contribution in [1.82, 2.24) is 4.57 Å². The van der Waals surface area contributed by atoms with Crippen LogP contribution in [0.2, 0.25) is 0 Å². The Kier molecular flexibility index (Phi) is 4.61. The van der Waals surface area contributed by atoms with Gasteiger partial charge in [0.1, 0.15) is 0 Å². The van der Waals surface area contributed by atoms with Gasteiger partial charge < -0.3 is 0 Å². The summed E-state index contributed by atoms with van der Waals surface area (Å²) in [6.07, 6.45) is 0. The Balaban J connectivity index is 1.54. The van der Waals surface area contributed by atoms with Crippen LogP contribution in [0, 0.1) is 13.8 Å². The molecule has 0 bridgehead atoms. The summed E-state index contributed by atoms with van der Waals surface area (Å²) in [6.45, 7) is 3.95. The van der Waals surface area contributed by atoms with E-state index in [0.717, 1.165) is 65.7 Å². The van der Waals surface area contributed by atoms with E-state index in [-0.39, 0.29) is 11.1 Å². The smallest absolute Gasteiger partial charge is 0.266 e. The van der Waals surface area contributed by atoms with Crippen LogP contribution in [0.4, 0.5) is 0 Å². The summed E-state index contributed by atoms with van der Waals surface area (Å²) < 4.78 is 1.42. The first kappa shape index (κ1) is 24.6. The van der Waals surface area contributed by atoms with Crippen molar-refractivity contribution in [3.63, 3.8) is 0 Å². The van der Waals surface area contributed by atoms with E-state index >= 15 is 0 Å². The van der Waals surface area contributed by atoms with Gasteiger partial charge in [-0.05, 0) is 119 Å². The number of fused-ring (bicyclic) bond motifs is 3. The zero-order chi connectivity index (χ0) is 30.1. The first-order chi connectivity index (χ1) is 22.0. The first-order valence-electron chi connectivity index (χ1n) is 15.4. The van der Waals surface area contributed by atoms with Crippen LogP contribution in [0.5, 0.6) is 0 Å². The van der Waals surface area contributed by atoms with Crippen molar-refractivity contribution in [2.75, 3.05) is 0 Å². The van der Waals surface area contributed by atoms with Gasteiger partial charge in [-0.3, -0.25) is 9.59 Å². The summed E-state index contributed by atoms with van der Waals surface area (Å²) in [5, 5.41) is 11.9. The quantitative estimate of drug-likeness (QED) is 0.197. The lowest BCUT2D eigenvalue weighted by atomic mass is 9.89. The zero-order valence-corrected chi connectivity index (χ0v) is 24.7. The second-order valence-electron chi connectivity index (χ2n) is 12.5. The van der Waals surface area contributed by atoms with E-state index in [1.165, 1.54) is 26.1 Å². The highest BCUT2D eigenvalue weighted by atomic mass is 16.2. The maximum absolute atomic E-state index is 14.7. The Morgan fingerprint density at radius 3 is 1.44 bits per heavy atom. The van der Waals surface area contributed by atoms with Crippen LogP contribution in [0.3, 0.4) is 0 Å². The van der Waals surface area contributed by atoms with Gasteiger partial charge in [-0.1, -0.05) is 97.1 Å². The summed E-state index contributed by atoms with van der Waals surface area (Å²) in [5.41, 5.74) is 6.35. The highest BCUT2D eigenvalue weighted by molar-refractivity contribution is 6.50. The van der Waals surface area contributed by atoms with Gasteiger partial charge in [0.15, 0.2) is 0 Å². The van der Waals surface area contributed by atoms with Crippen LogP contribution < -0.4 is 11.1 Å². The molecule has 10 aromatic rings. The van der Waals surface area contributed by atoms with Crippen molar-refractivity contribution in [2.24, 2.45) is 0 Å². The van der Waals surface area contributed by atoms with E-state index in [1.54, 1.807) is 0 Å². The van der Waals surface area contributed by atoms with Gasteiger partial charge in [-0.15, -0.1) is 0 Å². The average molecular weight is 576 g/mol. The Morgan fingerprint density at radius 2 is 0.933 bits per heavy atom. The second kappa shape index (κ2) is 8.43. The summed E-state index contributed by atoms with van der Waals surface area (Å²) in [5.74, 6) is 0. The molecule has 0 N–H and O–H groups in total. The number of hydrogen-bond donors (Lipinski definition) is 0. The maximum atomic E-state index is 14.7. The monoisotopic (exact) mass is 575 g/mol.